The van der Waals surface area contributed by atoms with Gasteiger partial charge in [-0.15, -0.1) is 0 Å². The molecule has 2 atom stereocenters. The summed E-state index contributed by atoms with van der Waals surface area (Å²) in [4.78, 5) is 0. The lowest BCUT2D eigenvalue weighted by atomic mass is 9.90. The Kier molecular flexibility index (Phi) is 5.90. The van der Waals surface area contributed by atoms with Gasteiger partial charge in [-0.05, 0) is 19.3 Å². The van der Waals surface area contributed by atoms with Gasteiger partial charge in [0, 0.05) is 6.04 Å². The van der Waals surface area contributed by atoms with E-state index in [1.54, 1.807) is 0 Å². The molecule has 1 fully saturated rings. The van der Waals surface area contributed by atoms with Crippen LogP contribution in [0, 0.1) is 17.2 Å². The van der Waals surface area contributed by atoms with Crippen molar-refractivity contribution in [2.45, 2.75) is 57.0 Å². The molecule has 0 amide bonds. The minimum atomic E-state index is -0.635. The monoisotopic (exact) mass is 240 g/mol. The van der Waals surface area contributed by atoms with Crippen LogP contribution in [0.15, 0.2) is 0 Å². The molecule has 4 heteroatoms. The summed E-state index contributed by atoms with van der Waals surface area (Å²) in [6.07, 6.45) is 5.94. The number of hydrogen-bond acceptors (Lipinski definition) is 4. The predicted octanol–water partition coefficient (Wildman–Crippen LogP) is 1.18. The first-order valence-corrected chi connectivity index (χ1v) is 6.60. The minimum Gasteiger partial charge on any atom is -0.394 e. The van der Waals surface area contributed by atoms with Crippen molar-refractivity contribution in [3.63, 3.8) is 0 Å². The van der Waals surface area contributed by atoms with E-state index in [9.17, 15) is 15.5 Å². The number of rotatable bonds is 5. The highest BCUT2D eigenvalue weighted by Gasteiger charge is 2.33. The summed E-state index contributed by atoms with van der Waals surface area (Å²) in [5, 5.41) is 31.4. The Morgan fingerprint density at radius 3 is 2.41 bits per heavy atom. The van der Waals surface area contributed by atoms with E-state index >= 15 is 0 Å². The van der Waals surface area contributed by atoms with Gasteiger partial charge in [0.05, 0.1) is 30.7 Å². The lowest BCUT2D eigenvalue weighted by Gasteiger charge is -2.35. The van der Waals surface area contributed by atoms with E-state index < -0.39 is 5.54 Å². The molecule has 0 aliphatic heterocycles. The molecule has 2 unspecified atom stereocenters. The van der Waals surface area contributed by atoms with Gasteiger partial charge >= 0.3 is 0 Å². The van der Waals surface area contributed by atoms with Crippen LogP contribution in [0.25, 0.3) is 0 Å². The fraction of sp³-hybridized carbons (Fsp3) is 0.923. The molecule has 1 aliphatic carbocycles. The van der Waals surface area contributed by atoms with Gasteiger partial charge in [0.15, 0.2) is 0 Å². The second kappa shape index (κ2) is 6.95. The first-order valence-electron chi connectivity index (χ1n) is 6.60. The zero-order valence-electron chi connectivity index (χ0n) is 10.7. The van der Waals surface area contributed by atoms with Crippen LogP contribution in [0.1, 0.15) is 45.4 Å². The van der Waals surface area contributed by atoms with Gasteiger partial charge in [-0.2, -0.15) is 5.26 Å². The van der Waals surface area contributed by atoms with Crippen molar-refractivity contribution in [3.8, 4) is 6.07 Å². The van der Waals surface area contributed by atoms with Crippen LogP contribution in [0.5, 0.6) is 0 Å². The average Bonchev–Trinajstić information content (AvgIpc) is 2.61. The molecule has 0 spiro atoms. The van der Waals surface area contributed by atoms with Crippen molar-refractivity contribution in [3.05, 3.63) is 0 Å². The van der Waals surface area contributed by atoms with Crippen LogP contribution in [0.2, 0.25) is 0 Å². The number of nitriles is 1. The predicted molar refractivity (Wildman–Crippen MR) is 66.3 cm³/mol. The van der Waals surface area contributed by atoms with Crippen molar-refractivity contribution < 1.29 is 10.2 Å². The number of aliphatic hydroxyl groups is 2. The molecule has 0 saturated heterocycles. The van der Waals surface area contributed by atoms with Crippen LogP contribution in [-0.2, 0) is 0 Å². The van der Waals surface area contributed by atoms with Crippen molar-refractivity contribution >= 4 is 0 Å². The summed E-state index contributed by atoms with van der Waals surface area (Å²) >= 11 is 0. The standard InChI is InChI=1S/C13H24N2O2/c1-2-13(9-16,10-17)15-12-7-5-3-4-6-11(12)8-14/h11-12,15-17H,2-7,9-10H2,1H3. The fourth-order valence-electron chi connectivity index (χ4n) is 2.50. The topological polar surface area (TPSA) is 76.3 Å². The maximum absolute atomic E-state index is 9.43. The van der Waals surface area contributed by atoms with Crippen LogP contribution in [-0.4, -0.2) is 35.0 Å². The molecule has 0 aromatic rings. The Balaban J connectivity index is 2.71. The van der Waals surface area contributed by atoms with Crippen LogP contribution >= 0.6 is 0 Å². The van der Waals surface area contributed by atoms with Gasteiger partial charge in [-0.3, -0.25) is 0 Å². The van der Waals surface area contributed by atoms with Crippen LogP contribution in [0.4, 0.5) is 0 Å². The van der Waals surface area contributed by atoms with Crippen molar-refractivity contribution in [1.82, 2.24) is 5.32 Å². The number of hydrogen-bond donors (Lipinski definition) is 3. The van der Waals surface area contributed by atoms with E-state index in [0.717, 1.165) is 25.7 Å². The minimum absolute atomic E-state index is 0.00141. The average molecular weight is 240 g/mol. The van der Waals surface area contributed by atoms with Crippen molar-refractivity contribution in [1.29, 1.82) is 5.26 Å². The highest BCUT2D eigenvalue weighted by atomic mass is 16.3. The largest absolute Gasteiger partial charge is 0.394 e. The molecule has 98 valence electrons. The van der Waals surface area contributed by atoms with E-state index in [1.165, 1.54) is 6.42 Å². The Morgan fingerprint density at radius 2 is 1.88 bits per heavy atom. The highest BCUT2D eigenvalue weighted by Crippen LogP contribution is 2.25. The zero-order valence-corrected chi connectivity index (χ0v) is 10.7. The summed E-state index contributed by atoms with van der Waals surface area (Å²) in [6, 6.07) is 2.46. The summed E-state index contributed by atoms with van der Waals surface area (Å²) in [5.41, 5.74) is -0.635. The van der Waals surface area contributed by atoms with Gasteiger partial charge < -0.3 is 15.5 Å². The molecular formula is C13H24N2O2. The SMILES string of the molecule is CCC(CO)(CO)NC1CCCCCC1C#N. The van der Waals surface area contributed by atoms with Crippen molar-refractivity contribution in [2.24, 2.45) is 5.92 Å². The van der Waals surface area contributed by atoms with E-state index in [2.05, 4.69) is 11.4 Å². The van der Waals surface area contributed by atoms with Crippen LogP contribution in [0.3, 0.4) is 0 Å². The number of aliphatic hydroxyl groups excluding tert-OH is 2. The van der Waals surface area contributed by atoms with E-state index in [1.807, 2.05) is 6.92 Å². The molecule has 17 heavy (non-hydrogen) atoms. The molecule has 1 saturated carbocycles. The zero-order chi connectivity index (χ0) is 12.7. The van der Waals surface area contributed by atoms with Crippen molar-refractivity contribution in [2.75, 3.05) is 13.2 Å². The van der Waals surface area contributed by atoms with Gasteiger partial charge in [-0.1, -0.05) is 26.2 Å². The maximum atomic E-state index is 9.43. The summed E-state index contributed by atoms with van der Waals surface area (Å²) in [6.45, 7) is 1.76. The second-order valence-corrected chi connectivity index (χ2v) is 5.07. The summed E-state index contributed by atoms with van der Waals surface area (Å²) in [7, 11) is 0. The van der Waals surface area contributed by atoms with Gasteiger partial charge in [-0.25, -0.2) is 0 Å². The molecule has 1 rings (SSSR count). The first kappa shape index (κ1) is 14.4. The van der Waals surface area contributed by atoms with E-state index in [4.69, 9.17) is 0 Å². The van der Waals surface area contributed by atoms with E-state index in [0.29, 0.717) is 6.42 Å². The van der Waals surface area contributed by atoms with Crippen LogP contribution < -0.4 is 5.32 Å². The quantitative estimate of drug-likeness (QED) is 0.631. The lowest BCUT2D eigenvalue weighted by Crippen LogP contribution is -2.57. The highest BCUT2D eigenvalue weighted by molar-refractivity contribution is 4.98. The Hall–Kier alpha value is -0.630. The number of nitrogens with zero attached hydrogens (tertiary/aromatic N) is 1. The number of nitrogens with one attached hydrogen (secondary N) is 1. The molecule has 4 nitrogen and oxygen atoms in total. The first-order chi connectivity index (χ1) is 8.21. The molecule has 0 aromatic heterocycles. The third kappa shape index (κ3) is 3.67. The molecular weight excluding hydrogens is 216 g/mol. The smallest absolute Gasteiger partial charge is 0.0672 e. The Morgan fingerprint density at radius 1 is 1.24 bits per heavy atom. The third-order valence-electron chi connectivity index (χ3n) is 3.96. The molecule has 0 aromatic carbocycles. The Labute approximate surface area is 104 Å². The Bertz CT molecular complexity index is 250. The normalized spacial score (nSPS) is 26.2. The molecule has 0 heterocycles. The third-order valence-corrected chi connectivity index (χ3v) is 3.96. The van der Waals surface area contributed by atoms with Gasteiger partial charge in [0.2, 0.25) is 0 Å². The molecule has 0 bridgehead atoms. The summed E-state index contributed by atoms with van der Waals surface area (Å²) < 4.78 is 0. The molecule has 3 N–H and O–H groups in total. The van der Waals surface area contributed by atoms with E-state index in [-0.39, 0.29) is 25.2 Å². The fourth-order valence-corrected chi connectivity index (χ4v) is 2.50. The lowest BCUT2D eigenvalue weighted by molar-refractivity contribution is 0.0715. The van der Waals surface area contributed by atoms with Gasteiger partial charge in [0.25, 0.3) is 0 Å². The van der Waals surface area contributed by atoms with Gasteiger partial charge in [0.1, 0.15) is 0 Å². The molecule has 0 radical (unpaired) electrons. The second-order valence-electron chi connectivity index (χ2n) is 5.07. The summed E-state index contributed by atoms with van der Waals surface area (Å²) in [5.74, 6) is 0.00141. The molecule has 1 aliphatic rings. The maximum Gasteiger partial charge on any atom is 0.0672 e.